The van der Waals surface area contributed by atoms with Crippen molar-refractivity contribution in [1.29, 1.82) is 0 Å². The maximum atomic E-state index is 12.6. The molecular formula is C19H28BrN5OS. The summed E-state index contributed by atoms with van der Waals surface area (Å²) in [7, 11) is 0. The van der Waals surface area contributed by atoms with Gasteiger partial charge in [-0.2, -0.15) is 5.10 Å². The third-order valence-electron chi connectivity index (χ3n) is 4.68. The Labute approximate surface area is 173 Å². The van der Waals surface area contributed by atoms with Gasteiger partial charge in [0.1, 0.15) is 0 Å². The lowest BCUT2D eigenvalue weighted by Crippen LogP contribution is -2.35. The molecule has 1 fully saturated rings. The number of thiazole rings is 1. The van der Waals surface area contributed by atoms with Crippen molar-refractivity contribution in [1.82, 2.24) is 24.6 Å². The van der Waals surface area contributed by atoms with E-state index in [0.29, 0.717) is 13.0 Å². The highest BCUT2D eigenvalue weighted by Crippen LogP contribution is 2.26. The van der Waals surface area contributed by atoms with Crippen LogP contribution in [0.25, 0.3) is 0 Å². The van der Waals surface area contributed by atoms with Gasteiger partial charge in [0, 0.05) is 62.7 Å². The van der Waals surface area contributed by atoms with Crippen LogP contribution in [0.4, 0.5) is 0 Å². The van der Waals surface area contributed by atoms with Crippen LogP contribution >= 0.6 is 27.3 Å². The Balaban J connectivity index is 1.48. The van der Waals surface area contributed by atoms with E-state index in [1.807, 2.05) is 11.1 Å². The Morgan fingerprint density at radius 1 is 1.26 bits per heavy atom. The van der Waals surface area contributed by atoms with E-state index in [2.05, 4.69) is 52.1 Å². The van der Waals surface area contributed by atoms with Gasteiger partial charge in [-0.15, -0.1) is 11.3 Å². The minimum absolute atomic E-state index is 0.106. The number of nitrogens with zero attached hydrogens (tertiary/aromatic N) is 5. The molecule has 2 aromatic heterocycles. The van der Waals surface area contributed by atoms with Crippen LogP contribution < -0.4 is 0 Å². The van der Waals surface area contributed by atoms with E-state index in [1.54, 1.807) is 22.2 Å². The highest BCUT2D eigenvalue weighted by atomic mass is 79.9. The predicted octanol–water partition coefficient (Wildman–Crippen LogP) is 3.52. The largest absolute Gasteiger partial charge is 0.341 e. The Morgan fingerprint density at radius 3 is 2.74 bits per heavy atom. The molecule has 8 heteroatoms. The molecule has 148 valence electrons. The van der Waals surface area contributed by atoms with Crippen LogP contribution in [-0.4, -0.2) is 56.7 Å². The molecule has 3 heterocycles. The first kappa shape index (κ1) is 20.5. The molecule has 0 unspecified atom stereocenters. The molecule has 0 spiro atoms. The average Bonchev–Trinajstić information content (AvgIpc) is 3.17. The van der Waals surface area contributed by atoms with Crippen molar-refractivity contribution in [3.8, 4) is 0 Å². The molecule has 0 aliphatic carbocycles. The monoisotopic (exact) mass is 453 g/mol. The molecule has 0 saturated carbocycles. The number of rotatable bonds is 5. The predicted molar refractivity (Wildman–Crippen MR) is 112 cm³/mol. The minimum atomic E-state index is 0.106. The van der Waals surface area contributed by atoms with Crippen molar-refractivity contribution in [3.05, 3.63) is 32.9 Å². The van der Waals surface area contributed by atoms with Crippen LogP contribution in [-0.2, 0) is 23.3 Å². The number of hydrogen-bond donors (Lipinski definition) is 0. The van der Waals surface area contributed by atoms with E-state index in [0.717, 1.165) is 49.3 Å². The lowest BCUT2D eigenvalue weighted by atomic mass is 9.98. The number of carbonyl (C=O) groups is 1. The van der Waals surface area contributed by atoms with E-state index < -0.39 is 0 Å². The minimum Gasteiger partial charge on any atom is -0.341 e. The second kappa shape index (κ2) is 8.84. The molecule has 0 bridgehead atoms. The molecule has 1 saturated heterocycles. The van der Waals surface area contributed by atoms with Gasteiger partial charge in [0.15, 0.2) is 0 Å². The zero-order chi connectivity index (χ0) is 19.4. The summed E-state index contributed by atoms with van der Waals surface area (Å²) >= 11 is 5.13. The van der Waals surface area contributed by atoms with Crippen molar-refractivity contribution in [2.45, 2.75) is 52.1 Å². The summed E-state index contributed by atoms with van der Waals surface area (Å²) in [4.78, 5) is 21.8. The summed E-state index contributed by atoms with van der Waals surface area (Å²) in [6.07, 6.45) is 5.15. The SMILES string of the molecule is CC(C)(C)c1nc(CN2CCCN(C(=O)CCn3cc(Br)cn3)CC2)cs1. The molecule has 0 aromatic carbocycles. The standard InChI is InChI=1S/C19H28BrN5OS/c1-19(2,3)18-22-16(14-27-18)13-23-6-4-7-24(10-9-23)17(26)5-8-25-12-15(20)11-21-25/h11-12,14H,4-10,13H2,1-3H3. The van der Waals surface area contributed by atoms with Gasteiger partial charge >= 0.3 is 0 Å². The van der Waals surface area contributed by atoms with Gasteiger partial charge < -0.3 is 4.90 Å². The Bertz CT molecular complexity index is 766. The number of aromatic nitrogens is 3. The first-order valence-corrected chi connectivity index (χ1v) is 11.1. The maximum absolute atomic E-state index is 12.6. The lowest BCUT2D eigenvalue weighted by Gasteiger charge is -2.21. The van der Waals surface area contributed by atoms with Crippen LogP contribution in [0.5, 0.6) is 0 Å². The van der Waals surface area contributed by atoms with Crippen LogP contribution in [0.15, 0.2) is 22.2 Å². The highest BCUT2D eigenvalue weighted by molar-refractivity contribution is 9.10. The molecule has 27 heavy (non-hydrogen) atoms. The summed E-state index contributed by atoms with van der Waals surface area (Å²) in [5.74, 6) is 0.215. The Hall–Kier alpha value is -1.25. The summed E-state index contributed by atoms with van der Waals surface area (Å²) in [5.41, 5.74) is 1.25. The fourth-order valence-corrected chi connectivity index (χ4v) is 4.39. The topological polar surface area (TPSA) is 54.3 Å². The third-order valence-corrected chi connectivity index (χ3v) is 6.40. The van der Waals surface area contributed by atoms with E-state index in [-0.39, 0.29) is 11.3 Å². The van der Waals surface area contributed by atoms with E-state index in [9.17, 15) is 4.79 Å². The number of halogens is 1. The molecule has 0 N–H and O–H groups in total. The maximum Gasteiger partial charge on any atom is 0.224 e. The fourth-order valence-electron chi connectivity index (χ4n) is 3.16. The summed E-state index contributed by atoms with van der Waals surface area (Å²) in [6, 6.07) is 0. The first-order chi connectivity index (χ1) is 12.8. The Morgan fingerprint density at radius 2 is 2.07 bits per heavy atom. The van der Waals surface area contributed by atoms with Gasteiger partial charge in [-0.25, -0.2) is 4.98 Å². The van der Waals surface area contributed by atoms with Gasteiger partial charge in [0.2, 0.25) is 5.91 Å². The molecule has 0 radical (unpaired) electrons. The van der Waals surface area contributed by atoms with Gasteiger partial charge in [-0.3, -0.25) is 14.4 Å². The van der Waals surface area contributed by atoms with Crippen molar-refractivity contribution < 1.29 is 4.79 Å². The van der Waals surface area contributed by atoms with Crippen LogP contribution in [0.2, 0.25) is 0 Å². The van der Waals surface area contributed by atoms with Gasteiger partial charge in [-0.1, -0.05) is 20.8 Å². The number of amides is 1. The second-order valence-corrected chi connectivity index (χ2v) is 9.85. The van der Waals surface area contributed by atoms with Crippen molar-refractivity contribution in [3.63, 3.8) is 0 Å². The molecular weight excluding hydrogens is 426 g/mol. The van der Waals surface area contributed by atoms with Crippen molar-refractivity contribution in [2.75, 3.05) is 26.2 Å². The van der Waals surface area contributed by atoms with Crippen molar-refractivity contribution >= 4 is 33.2 Å². The third kappa shape index (κ3) is 5.86. The molecule has 1 aliphatic heterocycles. The fraction of sp³-hybridized carbons (Fsp3) is 0.632. The molecule has 2 aromatic rings. The number of carbonyl (C=O) groups excluding carboxylic acids is 1. The zero-order valence-corrected chi connectivity index (χ0v) is 18.7. The van der Waals surface area contributed by atoms with E-state index >= 15 is 0 Å². The number of hydrogen-bond acceptors (Lipinski definition) is 5. The molecule has 1 amide bonds. The molecule has 6 nitrogen and oxygen atoms in total. The lowest BCUT2D eigenvalue weighted by molar-refractivity contribution is -0.131. The van der Waals surface area contributed by atoms with Crippen LogP contribution in [0, 0.1) is 0 Å². The van der Waals surface area contributed by atoms with Gasteiger partial charge in [0.25, 0.3) is 0 Å². The molecule has 1 aliphatic rings. The quantitative estimate of drug-likeness (QED) is 0.694. The smallest absolute Gasteiger partial charge is 0.224 e. The Kier molecular flexibility index (Phi) is 6.70. The zero-order valence-electron chi connectivity index (χ0n) is 16.3. The number of aryl methyl sites for hydroxylation is 1. The average molecular weight is 454 g/mol. The van der Waals surface area contributed by atoms with Gasteiger partial charge in [0.05, 0.1) is 21.4 Å². The normalized spacial score (nSPS) is 16.5. The summed E-state index contributed by atoms with van der Waals surface area (Å²) in [6.45, 7) is 11.6. The van der Waals surface area contributed by atoms with Crippen LogP contribution in [0.1, 0.15) is 44.3 Å². The van der Waals surface area contributed by atoms with E-state index in [4.69, 9.17) is 4.98 Å². The summed E-state index contributed by atoms with van der Waals surface area (Å²) < 4.78 is 2.75. The van der Waals surface area contributed by atoms with Crippen molar-refractivity contribution in [2.24, 2.45) is 0 Å². The first-order valence-electron chi connectivity index (χ1n) is 9.44. The summed E-state index contributed by atoms with van der Waals surface area (Å²) in [5, 5.41) is 7.58. The van der Waals surface area contributed by atoms with Crippen LogP contribution in [0.3, 0.4) is 0 Å². The second-order valence-electron chi connectivity index (χ2n) is 8.08. The highest BCUT2D eigenvalue weighted by Gasteiger charge is 2.21. The molecule has 0 atom stereocenters. The van der Waals surface area contributed by atoms with E-state index in [1.165, 1.54) is 5.01 Å². The molecule has 3 rings (SSSR count). The van der Waals surface area contributed by atoms with Gasteiger partial charge in [-0.05, 0) is 22.4 Å².